The largest absolute Gasteiger partial charge is 0.497 e. The van der Waals surface area contributed by atoms with Crippen molar-refractivity contribution in [3.05, 3.63) is 71.0 Å². The van der Waals surface area contributed by atoms with Crippen LogP contribution in [-0.4, -0.2) is 38.4 Å². The first-order chi connectivity index (χ1) is 16.8. The van der Waals surface area contributed by atoms with Crippen LogP contribution in [0.1, 0.15) is 23.6 Å². The molecule has 0 unspecified atom stereocenters. The number of nitrogens with one attached hydrogen (secondary N) is 1. The molecule has 0 aromatic heterocycles. The molecule has 1 atom stereocenters. The molecule has 0 aliphatic heterocycles. The predicted octanol–water partition coefficient (Wildman–Crippen LogP) is 4.97. The molecule has 0 bridgehead atoms. The molecule has 3 rings (SSSR count). The van der Waals surface area contributed by atoms with Crippen molar-refractivity contribution in [3.8, 4) is 34.1 Å². The fourth-order valence-corrected chi connectivity index (χ4v) is 3.71. The number of ether oxygens (including phenoxy) is 4. The van der Waals surface area contributed by atoms with E-state index in [0.717, 1.165) is 22.3 Å². The van der Waals surface area contributed by atoms with Gasteiger partial charge in [-0.3, -0.25) is 4.79 Å². The lowest BCUT2D eigenvalue weighted by Crippen LogP contribution is -2.33. The van der Waals surface area contributed by atoms with Gasteiger partial charge in [-0.2, -0.15) is 0 Å². The second kappa shape index (κ2) is 11.6. The third-order valence-corrected chi connectivity index (χ3v) is 5.80. The summed E-state index contributed by atoms with van der Waals surface area (Å²) in [5.41, 5.74) is 4.19. The maximum atomic E-state index is 14.1. The van der Waals surface area contributed by atoms with Crippen LogP contribution in [0.3, 0.4) is 0 Å². The average Bonchev–Trinajstić information content (AvgIpc) is 2.85. The lowest BCUT2D eigenvalue weighted by atomic mass is 9.96. The fourth-order valence-electron chi connectivity index (χ4n) is 3.71. The molecule has 8 heteroatoms. The van der Waals surface area contributed by atoms with Crippen molar-refractivity contribution in [2.45, 2.75) is 33.0 Å². The Bertz CT molecular complexity index is 1170. The molecule has 3 aromatic carbocycles. The van der Waals surface area contributed by atoms with E-state index in [0.29, 0.717) is 28.6 Å². The van der Waals surface area contributed by atoms with E-state index in [1.54, 1.807) is 25.1 Å². The van der Waals surface area contributed by atoms with Crippen molar-refractivity contribution >= 4 is 5.97 Å². The molecule has 0 amide bonds. The maximum absolute atomic E-state index is 14.1. The van der Waals surface area contributed by atoms with Gasteiger partial charge in [0.25, 0.3) is 0 Å². The number of hydrogen-bond donors (Lipinski definition) is 2. The number of hydrogen-bond acceptors (Lipinski definition) is 6. The van der Waals surface area contributed by atoms with Crippen LogP contribution in [0.15, 0.2) is 48.5 Å². The number of rotatable bonds is 11. The van der Waals surface area contributed by atoms with Gasteiger partial charge in [-0.1, -0.05) is 18.2 Å². The molecule has 0 radical (unpaired) electrons. The van der Waals surface area contributed by atoms with Crippen molar-refractivity contribution in [2.75, 3.05) is 21.3 Å². The molecule has 0 fully saturated rings. The minimum Gasteiger partial charge on any atom is -0.497 e. The maximum Gasteiger partial charge on any atom is 0.320 e. The Labute approximate surface area is 204 Å². The summed E-state index contributed by atoms with van der Waals surface area (Å²) in [6.45, 7) is 4.05. The zero-order valence-electron chi connectivity index (χ0n) is 20.5. The van der Waals surface area contributed by atoms with Crippen LogP contribution in [0.4, 0.5) is 4.39 Å². The van der Waals surface area contributed by atoms with Crippen molar-refractivity contribution < 1.29 is 33.2 Å². The standard InChI is InChI=1S/C27H30FNO6/c1-16-18(7-6-8-23(16)19-9-20(28)11-21(10-19)32-3)15-35-22-12-25(33-4)24(26(13-22)34-5)14-29-17(2)27(30)31/h6-13,17,29H,14-15H2,1-5H3,(H,30,31)/t17-/m1/s1. The summed E-state index contributed by atoms with van der Waals surface area (Å²) in [6.07, 6.45) is 0. The minimum atomic E-state index is -0.947. The zero-order valence-corrected chi connectivity index (χ0v) is 20.5. The highest BCUT2D eigenvalue weighted by atomic mass is 19.1. The summed E-state index contributed by atoms with van der Waals surface area (Å²) in [4.78, 5) is 11.1. The second-order valence-electron chi connectivity index (χ2n) is 8.01. The molecular weight excluding hydrogens is 453 g/mol. The van der Waals surface area contributed by atoms with Gasteiger partial charge in [0, 0.05) is 24.7 Å². The van der Waals surface area contributed by atoms with E-state index in [-0.39, 0.29) is 19.0 Å². The summed E-state index contributed by atoms with van der Waals surface area (Å²) in [6, 6.07) is 13.1. The predicted molar refractivity (Wildman–Crippen MR) is 131 cm³/mol. The Hall–Kier alpha value is -3.78. The van der Waals surface area contributed by atoms with Crippen molar-refractivity contribution in [1.29, 1.82) is 0 Å². The number of methoxy groups -OCH3 is 3. The lowest BCUT2D eigenvalue weighted by Gasteiger charge is -2.18. The van der Waals surface area contributed by atoms with Gasteiger partial charge in [-0.25, -0.2) is 4.39 Å². The van der Waals surface area contributed by atoms with Gasteiger partial charge in [-0.05, 0) is 48.2 Å². The number of carboxylic acids is 1. The summed E-state index contributed by atoms with van der Waals surface area (Å²) in [5.74, 6) is 0.700. The quantitative estimate of drug-likeness (QED) is 0.398. The molecule has 3 aromatic rings. The van der Waals surface area contributed by atoms with E-state index in [9.17, 15) is 9.18 Å². The van der Waals surface area contributed by atoms with Gasteiger partial charge in [0.2, 0.25) is 0 Å². The fraction of sp³-hybridized carbons (Fsp3) is 0.296. The van der Waals surface area contributed by atoms with Crippen LogP contribution in [0.5, 0.6) is 23.0 Å². The third-order valence-electron chi connectivity index (χ3n) is 5.80. The van der Waals surface area contributed by atoms with Crippen LogP contribution in [-0.2, 0) is 17.9 Å². The molecule has 0 aliphatic carbocycles. The molecule has 0 saturated heterocycles. The highest BCUT2D eigenvalue weighted by Gasteiger charge is 2.17. The SMILES string of the molecule is COc1cc(F)cc(-c2cccc(COc3cc(OC)c(CN[C@H](C)C(=O)O)c(OC)c3)c2C)c1. The Morgan fingerprint density at radius 2 is 1.69 bits per heavy atom. The number of halogens is 1. The van der Waals surface area contributed by atoms with Gasteiger partial charge in [-0.15, -0.1) is 0 Å². The summed E-state index contributed by atoms with van der Waals surface area (Å²) >= 11 is 0. The highest BCUT2D eigenvalue weighted by molar-refractivity contribution is 5.73. The number of benzene rings is 3. The molecule has 0 heterocycles. The Balaban J connectivity index is 1.84. The molecule has 186 valence electrons. The van der Waals surface area contributed by atoms with E-state index in [4.69, 9.17) is 24.1 Å². The molecule has 0 spiro atoms. The third kappa shape index (κ3) is 6.22. The zero-order chi connectivity index (χ0) is 25.5. The van der Waals surface area contributed by atoms with Gasteiger partial charge in [0.05, 0.1) is 26.9 Å². The van der Waals surface area contributed by atoms with E-state index < -0.39 is 12.0 Å². The monoisotopic (exact) mass is 483 g/mol. The molecular formula is C27H30FNO6. The van der Waals surface area contributed by atoms with Crippen LogP contribution < -0.4 is 24.3 Å². The summed E-state index contributed by atoms with van der Waals surface area (Å²) in [7, 11) is 4.57. The topological polar surface area (TPSA) is 86.2 Å². The Kier molecular flexibility index (Phi) is 8.54. The van der Waals surface area contributed by atoms with Gasteiger partial charge in [0.15, 0.2) is 0 Å². The Morgan fingerprint density at radius 1 is 1.00 bits per heavy atom. The second-order valence-corrected chi connectivity index (χ2v) is 8.01. The lowest BCUT2D eigenvalue weighted by molar-refractivity contribution is -0.139. The summed E-state index contributed by atoms with van der Waals surface area (Å²) in [5, 5.41) is 12.1. The van der Waals surface area contributed by atoms with Crippen molar-refractivity contribution in [2.24, 2.45) is 0 Å². The number of aliphatic carboxylic acids is 1. The van der Waals surface area contributed by atoms with Gasteiger partial charge in [0.1, 0.15) is 41.5 Å². The first-order valence-corrected chi connectivity index (χ1v) is 11.0. The van der Waals surface area contributed by atoms with Crippen molar-refractivity contribution in [1.82, 2.24) is 5.32 Å². The molecule has 2 N–H and O–H groups in total. The number of carboxylic acid groups (broad SMARTS) is 1. The first kappa shape index (κ1) is 25.8. The molecule has 0 aliphatic rings. The first-order valence-electron chi connectivity index (χ1n) is 11.0. The minimum absolute atomic E-state index is 0.248. The molecule has 0 saturated carbocycles. The number of carbonyl (C=O) groups is 1. The van der Waals surface area contributed by atoms with E-state index in [1.165, 1.54) is 33.5 Å². The Morgan fingerprint density at radius 3 is 2.29 bits per heavy atom. The van der Waals surface area contributed by atoms with E-state index >= 15 is 0 Å². The van der Waals surface area contributed by atoms with Gasteiger partial charge >= 0.3 is 5.97 Å². The van der Waals surface area contributed by atoms with Crippen LogP contribution >= 0.6 is 0 Å². The smallest absolute Gasteiger partial charge is 0.320 e. The molecule has 35 heavy (non-hydrogen) atoms. The molecule has 7 nitrogen and oxygen atoms in total. The van der Waals surface area contributed by atoms with Gasteiger partial charge < -0.3 is 29.4 Å². The van der Waals surface area contributed by atoms with Crippen LogP contribution in [0, 0.1) is 12.7 Å². The van der Waals surface area contributed by atoms with Crippen LogP contribution in [0.25, 0.3) is 11.1 Å². The van der Waals surface area contributed by atoms with E-state index in [2.05, 4.69) is 5.32 Å². The van der Waals surface area contributed by atoms with E-state index in [1.807, 2.05) is 25.1 Å². The summed E-state index contributed by atoms with van der Waals surface area (Å²) < 4.78 is 36.3. The average molecular weight is 484 g/mol. The van der Waals surface area contributed by atoms with Crippen LogP contribution in [0.2, 0.25) is 0 Å². The van der Waals surface area contributed by atoms with Crippen molar-refractivity contribution in [3.63, 3.8) is 0 Å². The highest BCUT2D eigenvalue weighted by Crippen LogP contribution is 2.35. The normalized spacial score (nSPS) is 11.6.